The number of hydrogen-bond donors (Lipinski definition) is 2. The second-order valence-electron chi connectivity index (χ2n) is 3.99. The molecule has 0 aromatic heterocycles. The molecule has 0 saturated carbocycles. The normalized spacial score (nSPS) is 18.6. The number of benzene rings is 1. The third kappa shape index (κ3) is 2.99. The van der Waals surface area contributed by atoms with Crippen molar-refractivity contribution in [2.45, 2.75) is 18.9 Å². The van der Waals surface area contributed by atoms with Gasteiger partial charge in [0.25, 0.3) is 5.91 Å². The Hall–Kier alpha value is -1.15. The molecule has 0 aliphatic carbocycles. The number of carbonyl (C=O) groups excluding carboxylic acids is 1. The summed E-state index contributed by atoms with van der Waals surface area (Å²) >= 11 is 2.03. The molecule has 1 heterocycles. The zero-order valence-corrected chi connectivity index (χ0v) is 11.6. The number of aromatic carboxylic acids is 1. The number of ether oxygens (including phenoxy) is 1. The first-order valence-corrected chi connectivity index (χ1v) is 6.61. The average Bonchev–Trinajstić information content (AvgIpc) is 2.84. The molecular formula is C12H12INO4. The lowest BCUT2D eigenvalue weighted by molar-refractivity contribution is -0.124. The predicted molar refractivity (Wildman–Crippen MR) is 73.7 cm³/mol. The van der Waals surface area contributed by atoms with Gasteiger partial charge in [-0.3, -0.25) is 4.79 Å². The molecule has 1 fully saturated rings. The summed E-state index contributed by atoms with van der Waals surface area (Å²) in [4.78, 5) is 22.9. The SMILES string of the molecule is O=C(O)c1cc(I)ccc1NC(=O)[C@@H]1CCCO1. The van der Waals surface area contributed by atoms with Gasteiger partial charge in [0.05, 0.1) is 11.3 Å². The van der Waals surface area contributed by atoms with E-state index in [1.165, 1.54) is 6.07 Å². The summed E-state index contributed by atoms with van der Waals surface area (Å²) < 4.78 is 6.06. The van der Waals surface area contributed by atoms with Crippen molar-refractivity contribution in [3.05, 3.63) is 27.3 Å². The summed E-state index contributed by atoms with van der Waals surface area (Å²) in [5.41, 5.74) is 0.400. The van der Waals surface area contributed by atoms with Gasteiger partial charge in [-0.1, -0.05) is 0 Å². The number of nitrogens with one attached hydrogen (secondary N) is 1. The molecule has 18 heavy (non-hydrogen) atoms. The van der Waals surface area contributed by atoms with E-state index in [-0.39, 0.29) is 11.5 Å². The van der Waals surface area contributed by atoms with Gasteiger partial charge in [-0.25, -0.2) is 4.79 Å². The van der Waals surface area contributed by atoms with Crippen LogP contribution in [0.15, 0.2) is 18.2 Å². The Bertz CT molecular complexity index is 483. The first-order chi connectivity index (χ1) is 8.58. The molecule has 1 aliphatic heterocycles. The van der Waals surface area contributed by atoms with E-state index in [9.17, 15) is 9.59 Å². The number of carbonyl (C=O) groups is 2. The van der Waals surface area contributed by atoms with E-state index < -0.39 is 12.1 Å². The predicted octanol–water partition coefficient (Wildman–Crippen LogP) is 2.11. The van der Waals surface area contributed by atoms with Crippen LogP contribution in [-0.2, 0) is 9.53 Å². The van der Waals surface area contributed by atoms with Gasteiger partial charge in [0.2, 0.25) is 0 Å². The number of amides is 1. The van der Waals surface area contributed by atoms with Gasteiger partial charge in [-0.2, -0.15) is 0 Å². The highest BCUT2D eigenvalue weighted by atomic mass is 127. The number of anilines is 1. The number of carboxylic acid groups (broad SMARTS) is 1. The molecule has 1 aliphatic rings. The van der Waals surface area contributed by atoms with Crippen LogP contribution in [0.1, 0.15) is 23.2 Å². The molecule has 1 amide bonds. The summed E-state index contributed by atoms with van der Waals surface area (Å²) in [7, 11) is 0. The average molecular weight is 361 g/mol. The van der Waals surface area contributed by atoms with E-state index in [0.717, 1.165) is 9.99 Å². The third-order valence-electron chi connectivity index (χ3n) is 2.69. The monoisotopic (exact) mass is 361 g/mol. The summed E-state index contributed by atoms with van der Waals surface area (Å²) in [6.07, 6.45) is 1.07. The second kappa shape index (κ2) is 5.66. The number of rotatable bonds is 3. The van der Waals surface area contributed by atoms with Crippen LogP contribution in [0.3, 0.4) is 0 Å². The van der Waals surface area contributed by atoms with Crippen LogP contribution in [0, 0.1) is 3.57 Å². The fourth-order valence-corrected chi connectivity index (χ4v) is 2.29. The minimum atomic E-state index is -1.06. The number of carboxylic acids is 1. The van der Waals surface area contributed by atoms with Gasteiger partial charge in [-0.15, -0.1) is 0 Å². The van der Waals surface area contributed by atoms with Crippen molar-refractivity contribution in [3.63, 3.8) is 0 Å². The molecule has 2 rings (SSSR count). The van der Waals surface area contributed by atoms with E-state index in [4.69, 9.17) is 9.84 Å². The van der Waals surface area contributed by atoms with E-state index >= 15 is 0 Å². The largest absolute Gasteiger partial charge is 0.478 e. The molecule has 0 spiro atoms. The standard InChI is InChI=1S/C12H12INO4/c13-7-3-4-9(8(6-7)12(16)17)14-11(15)10-2-1-5-18-10/h3-4,6,10H,1-2,5H2,(H,14,15)(H,16,17)/t10-/m0/s1. The number of hydrogen-bond acceptors (Lipinski definition) is 3. The highest BCUT2D eigenvalue weighted by Crippen LogP contribution is 2.21. The molecule has 1 atom stereocenters. The van der Waals surface area contributed by atoms with Crippen LogP contribution in [0.4, 0.5) is 5.69 Å². The van der Waals surface area contributed by atoms with Gasteiger partial charge >= 0.3 is 5.97 Å². The zero-order valence-electron chi connectivity index (χ0n) is 9.48. The van der Waals surface area contributed by atoms with Crippen molar-refractivity contribution in [1.82, 2.24) is 0 Å². The quantitative estimate of drug-likeness (QED) is 0.809. The maximum Gasteiger partial charge on any atom is 0.337 e. The fraction of sp³-hybridized carbons (Fsp3) is 0.333. The van der Waals surface area contributed by atoms with Crippen molar-refractivity contribution >= 4 is 40.2 Å². The second-order valence-corrected chi connectivity index (χ2v) is 5.23. The Kier molecular flexibility index (Phi) is 4.18. The molecule has 96 valence electrons. The third-order valence-corrected chi connectivity index (χ3v) is 3.36. The van der Waals surface area contributed by atoms with Crippen LogP contribution >= 0.6 is 22.6 Å². The van der Waals surface area contributed by atoms with Crippen LogP contribution in [-0.4, -0.2) is 29.7 Å². The molecular weight excluding hydrogens is 349 g/mol. The molecule has 2 N–H and O–H groups in total. The van der Waals surface area contributed by atoms with Crippen molar-refractivity contribution < 1.29 is 19.4 Å². The van der Waals surface area contributed by atoms with Gasteiger partial charge in [0.1, 0.15) is 6.10 Å². The highest BCUT2D eigenvalue weighted by molar-refractivity contribution is 14.1. The maximum atomic E-state index is 11.8. The smallest absolute Gasteiger partial charge is 0.337 e. The summed E-state index contributed by atoms with van der Waals surface area (Å²) in [6.45, 7) is 0.580. The Morgan fingerprint density at radius 2 is 2.22 bits per heavy atom. The van der Waals surface area contributed by atoms with E-state index in [1.54, 1.807) is 12.1 Å². The molecule has 0 radical (unpaired) electrons. The molecule has 1 aromatic carbocycles. The van der Waals surface area contributed by atoms with E-state index in [0.29, 0.717) is 18.7 Å². The first-order valence-electron chi connectivity index (χ1n) is 5.53. The molecule has 0 unspecified atom stereocenters. The van der Waals surface area contributed by atoms with Crippen molar-refractivity contribution in [2.75, 3.05) is 11.9 Å². The van der Waals surface area contributed by atoms with Crippen LogP contribution < -0.4 is 5.32 Å². The molecule has 5 nitrogen and oxygen atoms in total. The first kappa shape index (κ1) is 13.3. The lowest BCUT2D eigenvalue weighted by Gasteiger charge is -2.12. The fourth-order valence-electron chi connectivity index (χ4n) is 1.80. The molecule has 0 bridgehead atoms. The molecule has 1 saturated heterocycles. The minimum Gasteiger partial charge on any atom is -0.478 e. The van der Waals surface area contributed by atoms with E-state index in [1.807, 2.05) is 22.6 Å². The maximum absolute atomic E-state index is 11.8. The summed E-state index contributed by atoms with van der Waals surface area (Å²) in [5, 5.41) is 11.7. The Morgan fingerprint density at radius 1 is 1.44 bits per heavy atom. The highest BCUT2D eigenvalue weighted by Gasteiger charge is 2.24. The van der Waals surface area contributed by atoms with E-state index in [2.05, 4.69) is 5.32 Å². The van der Waals surface area contributed by atoms with Crippen LogP contribution in [0.2, 0.25) is 0 Å². The van der Waals surface area contributed by atoms with Crippen molar-refractivity contribution in [1.29, 1.82) is 0 Å². The number of halogens is 1. The van der Waals surface area contributed by atoms with Gasteiger partial charge < -0.3 is 15.2 Å². The Balaban J connectivity index is 2.17. The topological polar surface area (TPSA) is 75.6 Å². The van der Waals surface area contributed by atoms with Crippen LogP contribution in [0.25, 0.3) is 0 Å². The molecule has 6 heteroatoms. The van der Waals surface area contributed by atoms with Gasteiger partial charge in [-0.05, 0) is 53.6 Å². The summed E-state index contributed by atoms with van der Waals surface area (Å²) in [6, 6.07) is 4.87. The lowest BCUT2D eigenvalue weighted by atomic mass is 10.1. The van der Waals surface area contributed by atoms with Crippen molar-refractivity contribution in [3.8, 4) is 0 Å². The Labute approximate surface area is 118 Å². The lowest BCUT2D eigenvalue weighted by Crippen LogP contribution is -2.27. The van der Waals surface area contributed by atoms with Gasteiger partial charge in [0, 0.05) is 10.2 Å². The van der Waals surface area contributed by atoms with Gasteiger partial charge in [0.15, 0.2) is 0 Å². The zero-order chi connectivity index (χ0) is 13.1. The van der Waals surface area contributed by atoms with Crippen LogP contribution in [0.5, 0.6) is 0 Å². The minimum absolute atomic E-state index is 0.0910. The summed E-state index contributed by atoms with van der Waals surface area (Å²) in [5.74, 6) is -1.34. The molecule has 1 aromatic rings. The Morgan fingerprint density at radius 3 is 2.83 bits per heavy atom. The van der Waals surface area contributed by atoms with Crippen molar-refractivity contribution in [2.24, 2.45) is 0 Å².